The fraction of sp³-hybridized carbons (Fsp3) is 0.538. The van der Waals surface area contributed by atoms with Gasteiger partial charge >= 0.3 is 0 Å². The van der Waals surface area contributed by atoms with Gasteiger partial charge in [0.15, 0.2) is 0 Å². The van der Waals surface area contributed by atoms with Crippen LogP contribution in [0, 0.1) is 0 Å². The van der Waals surface area contributed by atoms with E-state index in [1.54, 1.807) is 16.2 Å². The lowest BCUT2D eigenvalue weighted by molar-refractivity contribution is -0.138. The highest BCUT2D eigenvalue weighted by molar-refractivity contribution is 7.09. The van der Waals surface area contributed by atoms with Crippen LogP contribution in [-0.2, 0) is 16.1 Å². The van der Waals surface area contributed by atoms with E-state index in [1.807, 2.05) is 24.4 Å². The van der Waals surface area contributed by atoms with E-state index < -0.39 is 0 Å². The number of piperazine rings is 1. The zero-order valence-corrected chi connectivity index (χ0v) is 11.8. The van der Waals surface area contributed by atoms with Gasteiger partial charge in [0.2, 0.25) is 11.8 Å². The Kier molecular flexibility index (Phi) is 4.93. The van der Waals surface area contributed by atoms with Crippen LogP contribution < -0.4 is 10.6 Å². The van der Waals surface area contributed by atoms with E-state index in [4.69, 9.17) is 0 Å². The zero-order chi connectivity index (χ0) is 13.7. The first-order valence-electron chi connectivity index (χ1n) is 6.52. The van der Waals surface area contributed by atoms with Gasteiger partial charge in [0.1, 0.15) is 0 Å². The Hall–Kier alpha value is -1.40. The van der Waals surface area contributed by atoms with Crippen molar-refractivity contribution in [2.75, 3.05) is 19.6 Å². The number of carbonyl (C=O) groups excluding carboxylic acids is 2. The fourth-order valence-corrected chi connectivity index (χ4v) is 2.77. The first-order valence-corrected chi connectivity index (χ1v) is 7.40. The number of carbonyl (C=O) groups is 2. The molecular formula is C13H19N3O2S. The molecule has 1 fully saturated rings. The Balaban J connectivity index is 1.79. The third-order valence-corrected chi connectivity index (χ3v) is 4.07. The molecule has 2 rings (SSSR count). The summed E-state index contributed by atoms with van der Waals surface area (Å²) in [6.45, 7) is 4.67. The molecular weight excluding hydrogens is 262 g/mol. The number of hydrogen-bond acceptors (Lipinski definition) is 4. The summed E-state index contributed by atoms with van der Waals surface area (Å²) in [6.07, 6.45) is 0.209. The summed E-state index contributed by atoms with van der Waals surface area (Å²) in [4.78, 5) is 26.7. The van der Waals surface area contributed by atoms with Gasteiger partial charge in [0.05, 0.1) is 19.0 Å². The number of thiophene rings is 1. The smallest absolute Gasteiger partial charge is 0.240 e. The summed E-state index contributed by atoms with van der Waals surface area (Å²) >= 11 is 1.61. The first kappa shape index (κ1) is 14.0. The van der Waals surface area contributed by atoms with E-state index in [0.717, 1.165) is 18.0 Å². The molecule has 19 heavy (non-hydrogen) atoms. The Morgan fingerprint density at radius 1 is 1.63 bits per heavy atom. The number of rotatable bonds is 5. The largest absolute Gasteiger partial charge is 0.351 e. The maximum Gasteiger partial charge on any atom is 0.240 e. The van der Waals surface area contributed by atoms with E-state index in [-0.39, 0.29) is 24.3 Å². The molecule has 1 aliphatic rings. The van der Waals surface area contributed by atoms with Gasteiger partial charge in [-0.2, -0.15) is 0 Å². The van der Waals surface area contributed by atoms with Gasteiger partial charge in [-0.1, -0.05) is 6.07 Å². The summed E-state index contributed by atoms with van der Waals surface area (Å²) in [7, 11) is 0. The highest BCUT2D eigenvalue weighted by atomic mass is 32.1. The van der Waals surface area contributed by atoms with Crippen molar-refractivity contribution in [1.82, 2.24) is 15.5 Å². The lowest BCUT2D eigenvalue weighted by Crippen LogP contribution is -2.56. The molecule has 0 radical (unpaired) electrons. The van der Waals surface area contributed by atoms with Crippen molar-refractivity contribution < 1.29 is 9.59 Å². The monoisotopic (exact) mass is 281 g/mol. The average molecular weight is 281 g/mol. The predicted molar refractivity (Wildman–Crippen MR) is 74.8 cm³/mol. The molecule has 0 aromatic carbocycles. The van der Waals surface area contributed by atoms with Gasteiger partial charge in [-0.25, -0.2) is 0 Å². The highest BCUT2D eigenvalue weighted by Gasteiger charge is 2.28. The Labute approximate surface area is 117 Å². The van der Waals surface area contributed by atoms with Crippen LogP contribution in [-0.4, -0.2) is 42.4 Å². The summed E-state index contributed by atoms with van der Waals surface area (Å²) < 4.78 is 0. The van der Waals surface area contributed by atoms with Gasteiger partial charge in [0, 0.05) is 24.5 Å². The second-order valence-corrected chi connectivity index (χ2v) is 5.52. The van der Waals surface area contributed by atoms with Crippen LogP contribution in [0.2, 0.25) is 0 Å². The number of nitrogens with zero attached hydrogens (tertiary/aromatic N) is 1. The molecule has 1 atom stereocenters. The molecule has 1 aromatic rings. The van der Waals surface area contributed by atoms with Gasteiger partial charge in [-0.05, 0) is 18.4 Å². The van der Waals surface area contributed by atoms with Crippen molar-refractivity contribution in [3.63, 3.8) is 0 Å². The molecule has 2 amide bonds. The van der Waals surface area contributed by atoms with Crippen molar-refractivity contribution >= 4 is 23.2 Å². The molecule has 104 valence electrons. The zero-order valence-electron chi connectivity index (χ0n) is 11.0. The molecule has 0 saturated carbocycles. The number of amides is 2. The maximum absolute atomic E-state index is 12.0. The van der Waals surface area contributed by atoms with Crippen molar-refractivity contribution in [1.29, 1.82) is 0 Å². The fourth-order valence-electron chi connectivity index (χ4n) is 2.12. The van der Waals surface area contributed by atoms with Gasteiger partial charge in [0.25, 0.3) is 0 Å². The van der Waals surface area contributed by atoms with Crippen molar-refractivity contribution in [2.24, 2.45) is 0 Å². The van der Waals surface area contributed by atoms with Crippen LogP contribution >= 0.6 is 11.3 Å². The molecule has 5 nitrogen and oxygen atoms in total. The highest BCUT2D eigenvalue weighted by Crippen LogP contribution is 2.08. The summed E-state index contributed by atoms with van der Waals surface area (Å²) in [5, 5.41) is 7.93. The SMILES string of the molecule is CCN1CCNC(CC(=O)NCc2cccs2)C1=O. The van der Waals surface area contributed by atoms with E-state index in [0.29, 0.717) is 13.1 Å². The minimum Gasteiger partial charge on any atom is -0.351 e. The average Bonchev–Trinajstić information content (AvgIpc) is 2.92. The number of likely N-dealkylation sites (N-methyl/N-ethyl adjacent to an activating group) is 1. The molecule has 0 bridgehead atoms. The van der Waals surface area contributed by atoms with Crippen molar-refractivity contribution in [2.45, 2.75) is 25.9 Å². The van der Waals surface area contributed by atoms with Crippen LogP contribution in [0.1, 0.15) is 18.2 Å². The van der Waals surface area contributed by atoms with Gasteiger partial charge < -0.3 is 15.5 Å². The van der Waals surface area contributed by atoms with E-state index in [2.05, 4.69) is 10.6 Å². The normalized spacial score (nSPS) is 19.5. The van der Waals surface area contributed by atoms with Gasteiger partial charge in [-0.15, -0.1) is 11.3 Å². The number of hydrogen-bond donors (Lipinski definition) is 2. The van der Waals surface area contributed by atoms with Crippen LogP contribution in [0.25, 0.3) is 0 Å². The number of nitrogens with one attached hydrogen (secondary N) is 2. The Bertz CT molecular complexity index is 433. The Morgan fingerprint density at radius 2 is 2.47 bits per heavy atom. The third kappa shape index (κ3) is 3.78. The predicted octanol–water partition coefficient (Wildman–Crippen LogP) is 0.575. The molecule has 2 heterocycles. The summed E-state index contributed by atoms with van der Waals surface area (Å²) in [5.41, 5.74) is 0. The molecule has 1 unspecified atom stereocenters. The lowest BCUT2D eigenvalue weighted by atomic mass is 10.1. The molecule has 1 aromatic heterocycles. The van der Waals surface area contributed by atoms with E-state index in [1.165, 1.54) is 0 Å². The van der Waals surface area contributed by atoms with Crippen LogP contribution in [0.5, 0.6) is 0 Å². The topological polar surface area (TPSA) is 61.4 Å². The molecule has 1 saturated heterocycles. The second-order valence-electron chi connectivity index (χ2n) is 4.48. The molecule has 6 heteroatoms. The molecule has 0 spiro atoms. The summed E-state index contributed by atoms with van der Waals surface area (Å²) in [6, 6.07) is 3.56. The molecule has 1 aliphatic heterocycles. The van der Waals surface area contributed by atoms with Crippen LogP contribution in [0.3, 0.4) is 0 Å². The second kappa shape index (κ2) is 6.68. The quantitative estimate of drug-likeness (QED) is 0.830. The minimum absolute atomic E-state index is 0.0278. The Morgan fingerprint density at radius 3 is 3.16 bits per heavy atom. The van der Waals surface area contributed by atoms with Crippen LogP contribution in [0.15, 0.2) is 17.5 Å². The summed E-state index contributed by atoms with van der Waals surface area (Å²) in [5.74, 6) is -0.0581. The maximum atomic E-state index is 12.0. The van der Waals surface area contributed by atoms with Crippen molar-refractivity contribution in [3.05, 3.63) is 22.4 Å². The molecule has 2 N–H and O–H groups in total. The minimum atomic E-state index is -0.378. The van der Waals surface area contributed by atoms with E-state index >= 15 is 0 Å². The van der Waals surface area contributed by atoms with Crippen LogP contribution in [0.4, 0.5) is 0 Å². The lowest BCUT2D eigenvalue weighted by Gasteiger charge is -2.32. The van der Waals surface area contributed by atoms with Crippen molar-refractivity contribution in [3.8, 4) is 0 Å². The first-order chi connectivity index (χ1) is 9.20. The van der Waals surface area contributed by atoms with E-state index in [9.17, 15) is 9.59 Å². The molecule has 0 aliphatic carbocycles. The standard InChI is InChI=1S/C13H19N3O2S/c1-2-16-6-5-14-11(13(16)18)8-12(17)15-9-10-4-3-7-19-10/h3-4,7,11,14H,2,5-6,8-9H2,1H3,(H,15,17). The van der Waals surface area contributed by atoms with Gasteiger partial charge in [-0.3, -0.25) is 9.59 Å². The third-order valence-electron chi connectivity index (χ3n) is 3.19.